The fourth-order valence-electron chi connectivity index (χ4n) is 2.55. The molecule has 10 nitrogen and oxygen atoms in total. The summed E-state index contributed by atoms with van der Waals surface area (Å²) in [5.41, 5.74) is -0.483. The van der Waals surface area contributed by atoms with E-state index in [0.717, 1.165) is 5.56 Å². The first-order valence-corrected chi connectivity index (χ1v) is 12.1. The fourth-order valence-corrected chi connectivity index (χ4v) is 3.65. The number of esters is 2. The summed E-state index contributed by atoms with van der Waals surface area (Å²) >= 11 is 0. The molecule has 0 aliphatic rings. The normalized spacial score (nSPS) is 13.6. The van der Waals surface area contributed by atoms with E-state index in [1.54, 1.807) is 31.2 Å². The van der Waals surface area contributed by atoms with Gasteiger partial charge in [-0.05, 0) is 18.9 Å². The van der Waals surface area contributed by atoms with E-state index >= 15 is 0 Å². The zero-order valence-electron chi connectivity index (χ0n) is 19.4. The van der Waals surface area contributed by atoms with Gasteiger partial charge >= 0.3 is 11.9 Å². The predicted molar refractivity (Wildman–Crippen MR) is 119 cm³/mol. The first kappa shape index (κ1) is 28.5. The van der Waals surface area contributed by atoms with Crippen LogP contribution in [0.25, 0.3) is 0 Å². The van der Waals surface area contributed by atoms with Crippen LogP contribution in [0.1, 0.15) is 39.7 Å². The third-order valence-corrected chi connectivity index (χ3v) is 5.77. The first-order chi connectivity index (χ1) is 15.3. The van der Waals surface area contributed by atoms with Crippen molar-refractivity contribution in [2.75, 3.05) is 25.5 Å². The van der Waals surface area contributed by atoms with Crippen molar-refractivity contribution in [3.8, 4) is 0 Å². The minimum atomic E-state index is -3.91. The summed E-state index contributed by atoms with van der Waals surface area (Å²) in [6, 6.07) is 9.01. The maximum absolute atomic E-state index is 12.2. The lowest BCUT2D eigenvalue weighted by molar-refractivity contribution is -0.168. The zero-order valence-corrected chi connectivity index (χ0v) is 20.2. The van der Waals surface area contributed by atoms with Crippen LogP contribution >= 0.6 is 0 Å². The molecule has 0 spiro atoms. The van der Waals surface area contributed by atoms with Crippen LogP contribution in [0.15, 0.2) is 30.3 Å². The number of ether oxygens (including phenoxy) is 2. The van der Waals surface area contributed by atoms with E-state index in [2.05, 4.69) is 5.32 Å². The van der Waals surface area contributed by atoms with Gasteiger partial charge in [-0.2, -0.15) is 8.42 Å². The Kier molecular flexibility index (Phi) is 11.5. The molecule has 11 heteroatoms. The Morgan fingerprint density at radius 1 is 1.15 bits per heavy atom. The number of amides is 1. The molecule has 0 saturated heterocycles. The molecule has 33 heavy (non-hydrogen) atoms. The molecule has 1 aromatic carbocycles. The van der Waals surface area contributed by atoms with Crippen LogP contribution in [0, 0.1) is 5.41 Å². The summed E-state index contributed by atoms with van der Waals surface area (Å²) < 4.78 is 39.1. The SMILES string of the molecule is CC(=O)NCCCS(=O)(=O)OCC(C)(C)C(O)C(=O)OC[C@@H](C)OC(=O)Cc1ccccc1. The molecule has 0 fully saturated rings. The average Bonchev–Trinajstić information content (AvgIpc) is 2.74. The molecule has 1 amide bonds. The number of benzene rings is 1. The van der Waals surface area contributed by atoms with Crippen molar-refractivity contribution in [2.24, 2.45) is 5.41 Å². The van der Waals surface area contributed by atoms with Gasteiger partial charge in [-0.25, -0.2) is 4.79 Å². The second-order valence-corrected chi connectivity index (χ2v) is 10.1. The number of aliphatic hydroxyl groups is 1. The van der Waals surface area contributed by atoms with Crippen molar-refractivity contribution in [3.05, 3.63) is 35.9 Å². The summed E-state index contributed by atoms with van der Waals surface area (Å²) in [4.78, 5) is 35.0. The number of hydrogen-bond acceptors (Lipinski definition) is 9. The van der Waals surface area contributed by atoms with E-state index in [9.17, 15) is 27.9 Å². The molecule has 1 unspecified atom stereocenters. The molecule has 2 atom stereocenters. The second-order valence-electron chi connectivity index (χ2n) is 8.34. The number of hydrogen-bond donors (Lipinski definition) is 2. The smallest absolute Gasteiger partial charge is 0.335 e. The Bertz CT molecular complexity index is 884. The fraction of sp³-hybridized carbons (Fsp3) is 0.591. The molecule has 186 valence electrons. The van der Waals surface area contributed by atoms with E-state index in [4.69, 9.17) is 13.7 Å². The monoisotopic (exact) mass is 487 g/mol. The minimum absolute atomic E-state index is 0.0748. The van der Waals surface area contributed by atoms with Gasteiger partial charge in [0.2, 0.25) is 5.91 Å². The molecule has 1 aromatic rings. The third-order valence-electron chi connectivity index (χ3n) is 4.50. The van der Waals surface area contributed by atoms with Gasteiger partial charge in [-0.15, -0.1) is 0 Å². The van der Waals surface area contributed by atoms with Gasteiger partial charge in [0.15, 0.2) is 6.10 Å². The molecule has 0 aromatic heterocycles. The van der Waals surface area contributed by atoms with E-state index in [-0.39, 0.29) is 37.7 Å². The number of aliphatic hydroxyl groups excluding tert-OH is 1. The summed E-state index contributed by atoms with van der Waals surface area (Å²) in [5, 5.41) is 12.8. The number of carbonyl (C=O) groups excluding carboxylic acids is 3. The molecule has 0 radical (unpaired) electrons. The molecule has 0 saturated carbocycles. The van der Waals surface area contributed by atoms with Gasteiger partial charge in [0.05, 0.1) is 18.8 Å². The highest BCUT2D eigenvalue weighted by atomic mass is 32.2. The Labute approximate surface area is 194 Å². The summed E-state index contributed by atoms with van der Waals surface area (Å²) in [5.74, 6) is -2.06. The third kappa shape index (κ3) is 11.8. The standard InChI is InChI=1S/C22H33NO9S/c1-16(32-19(25)13-18-9-6-5-7-10-18)14-30-21(27)20(26)22(3,4)15-31-33(28,29)12-8-11-23-17(2)24/h5-7,9-10,16,20,26H,8,11-15H2,1-4H3,(H,23,24)/t16-,20?/m1/s1. The summed E-state index contributed by atoms with van der Waals surface area (Å²) in [6.45, 7) is 5.24. The van der Waals surface area contributed by atoms with Crippen LogP contribution in [0.5, 0.6) is 0 Å². The van der Waals surface area contributed by atoms with Crippen molar-refractivity contribution < 1.29 is 41.6 Å². The van der Waals surface area contributed by atoms with Gasteiger partial charge in [0, 0.05) is 18.9 Å². The van der Waals surface area contributed by atoms with Gasteiger partial charge in [-0.3, -0.25) is 13.8 Å². The van der Waals surface area contributed by atoms with Gasteiger partial charge in [0.25, 0.3) is 10.1 Å². The molecule has 2 N–H and O–H groups in total. The largest absolute Gasteiger partial charge is 0.460 e. The number of rotatable bonds is 14. The molecule has 0 heterocycles. The topological polar surface area (TPSA) is 145 Å². The van der Waals surface area contributed by atoms with E-state index in [0.29, 0.717) is 0 Å². The van der Waals surface area contributed by atoms with Crippen LogP contribution in [0.4, 0.5) is 0 Å². The van der Waals surface area contributed by atoms with E-state index in [1.165, 1.54) is 20.8 Å². The minimum Gasteiger partial charge on any atom is -0.460 e. The van der Waals surface area contributed by atoms with Crippen molar-refractivity contribution >= 4 is 28.0 Å². The lowest BCUT2D eigenvalue weighted by atomic mass is 9.88. The molecular formula is C22H33NO9S. The van der Waals surface area contributed by atoms with Gasteiger partial charge < -0.3 is 19.9 Å². The Hall–Kier alpha value is -2.50. The average molecular weight is 488 g/mol. The van der Waals surface area contributed by atoms with Crippen LogP contribution in [0.2, 0.25) is 0 Å². The van der Waals surface area contributed by atoms with E-state index in [1.807, 2.05) is 6.07 Å². The van der Waals surface area contributed by atoms with Gasteiger partial charge in [-0.1, -0.05) is 44.2 Å². The van der Waals surface area contributed by atoms with Crippen molar-refractivity contribution in [1.29, 1.82) is 0 Å². The van der Waals surface area contributed by atoms with Crippen molar-refractivity contribution in [2.45, 2.75) is 52.7 Å². The van der Waals surface area contributed by atoms with Crippen LogP contribution < -0.4 is 5.32 Å². The Morgan fingerprint density at radius 2 is 1.79 bits per heavy atom. The van der Waals surface area contributed by atoms with Gasteiger partial charge in [0.1, 0.15) is 12.7 Å². The van der Waals surface area contributed by atoms with E-state index < -0.39 is 46.3 Å². The highest BCUT2D eigenvalue weighted by molar-refractivity contribution is 7.86. The van der Waals surface area contributed by atoms with Crippen molar-refractivity contribution in [3.63, 3.8) is 0 Å². The second kappa shape index (κ2) is 13.3. The molecule has 0 aliphatic heterocycles. The lowest BCUT2D eigenvalue weighted by Crippen LogP contribution is -2.42. The molecular weight excluding hydrogens is 454 g/mol. The van der Waals surface area contributed by atoms with Crippen LogP contribution in [-0.2, 0) is 44.6 Å². The predicted octanol–water partition coefficient (Wildman–Crippen LogP) is 0.964. The summed E-state index contributed by atoms with van der Waals surface area (Å²) in [6.07, 6.45) is -2.17. The molecule has 1 rings (SSSR count). The molecule has 0 aliphatic carbocycles. The van der Waals surface area contributed by atoms with Crippen LogP contribution in [-0.4, -0.2) is 69.1 Å². The molecule has 0 bridgehead atoms. The quantitative estimate of drug-likeness (QED) is 0.223. The highest BCUT2D eigenvalue weighted by Crippen LogP contribution is 2.23. The van der Waals surface area contributed by atoms with Crippen LogP contribution in [0.3, 0.4) is 0 Å². The maximum atomic E-state index is 12.2. The maximum Gasteiger partial charge on any atom is 0.335 e. The number of carbonyl (C=O) groups is 3. The lowest BCUT2D eigenvalue weighted by Gasteiger charge is -2.28. The van der Waals surface area contributed by atoms with Crippen molar-refractivity contribution in [1.82, 2.24) is 5.32 Å². The zero-order chi connectivity index (χ0) is 25.1. The summed E-state index contributed by atoms with van der Waals surface area (Å²) in [7, 11) is -3.91. The highest BCUT2D eigenvalue weighted by Gasteiger charge is 2.37. The Morgan fingerprint density at radius 3 is 2.39 bits per heavy atom. The first-order valence-electron chi connectivity index (χ1n) is 10.5. The number of nitrogens with one attached hydrogen (secondary N) is 1. The Balaban J connectivity index is 2.42.